The van der Waals surface area contributed by atoms with Crippen LogP contribution in [-0.2, 0) is 4.79 Å². The van der Waals surface area contributed by atoms with Crippen LogP contribution >= 0.6 is 0 Å². The number of carbonyl (C=O) groups is 1. The molecule has 0 bridgehead atoms. The van der Waals surface area contributed by atoms with Gasteiger partial charge in [-0.25, -0.2) is 9.97 Å². The monoisotopic (exact) mass is 310 g/mol. The molecule has 0 N–H and O–H groups in total. The van der Waals surface area contributed by atoms with Crippen molar-refractivity contribution in [3.63, 3.8) is 0 Å². The van der Waals surface area contributed by atoms with E-state index in [1.54, 1.807) is 11.0 Å². The Morgan fingerprint density at radius 3 is 2.00 bits per heavy atom. The van der Waals surface area contributed by atoms with Crippen molar-refractivity contribution in [2.75, 3.05) is 31.1 Å². The topological polar surface area (TPSA) is 49.3 Å². The molecular weight excluding hydrogens is 299 g/mol. The minimum absolute atomic E-state index is 0.0870. The Labute approximate surface area is 116 Å². The SMILES string of the molecule is O=C(N1CCN(c2ncccn2)CC1)C(F)(F)C(F)(F)F. The highest BCUT2D eigenvalue weighted by Crippen LogP contribution is 2.37. The average Bonchev–Trinajstić information content (AvgIpc) is 2.46. The number of nitrogens with zero attached hydrogens (tertiary/aromatic N) is 4. The molecule has 0 aromatic carbocycles. The number of halogens is 5. The molecule has 0 spiro atoms. The minimum Gasteiger partial charge on any atom is -0.337 e. The van der Waals surface area contributed by atoms with Gasteiger partial charge in [-0.15, -0.1) is 0 Å². The molecule has 1 aliphatic rings. The number of aromatic nitrogens is 2. The molecule has 116 valence electrons. The lowest BCUT2D eigenvalue weighted by atomic mass is 10.2. The molecule has 1 amide bonds. The molecule has 2 rings (SSSR count). The van der Waals surface area contributed by atoms with Crippen LogP contribution in [0.15, 0.2) is 18.5 Å². The standard InChI is InChI=1S/C11H11F5N4O/c12-10(13,11(14,15)16)8(21)19-4-6-20(7-5-19)9-17-2-1-3-18-9/h1-3H,4-7H2. The number of amides is 1. The summed E-state index contributed by atoms with van der Waals surface area (Å²) in [5, 5.41) is 0. The van der Waals surface area contributed by atoms with Gasteiger partial charge in [0.05, 0.1) is 0 Å². The second-order valence-electron chi connectivity index (χ2n) is 4.40. The van der Waals surface area contributed by atoms with E-state index in [0.29, 0.717) is 10.8 Å². The zero-order valence-corrected chi connectivity index (χ0v) is 10.6. The summed E-state index contributed by atoms with van der Waals surface area (Å²) in [5.74, 6) is -7.24. The van der Waals surface area contributed by atoms with E-state index in [4.69, 9.17) is 0 Å². The first-order valence-electron chi connectivity index (χ1n) is 5.99. The van der Waals surface area contributed by atoms with Crippen molar-refractivity contribution in [3.05, 3.63) is 18.5 Å². The Hall–Kier alpha value is -2.00. The van der Waals surface area contributed by atoms with Crippen molar-refractivity contribution < 1.29 is 26.7 Å². The van der Waals surface area contributed by atoms with Gasteiger partial charge in [-0.1, -0.05) is 0 Å². The molecule has 10 heteroatoms. The van der Waals surface area contributed by atoms with Crippen LogP contribution in [-0.4, -0.2) is 59.1 Å². The second-order valence-corrected chi connectivity index (χ2v) is 4.40. The first-order valence-corrected chi connectivity index (χ1v) is 5.99. The third-order valence-electron chi connectivity index (χ3n) is 3.03. The van der Waals surface area contributed by atoms with Gasteiger partial charge in [0.1, 0.15) is 0 Å². The Balaban J connectivity index is 2.00. The van der Waals surface area contributed by atoms with Crippen LogP contribution in [0.3, 0.4) is 0 Å². The molecule has 1 aliphatic heterocycles. The first-order chi connectivity index (χ1) is 9.73. The van der Waals surface area contributed by atoms with Crippen molar-refractivity contribution in [2.45, 2.75) is 12.1 Å². The minimum atomic E-state index is -5.89. The predicted molar refractivity (Wildman–Crippen MR) is 61.8 cm³/mol. The van der Waals surface area contributed by atoms with E-state index in [9.17, 15) is 26.7 Å². The van der Waals surface area contributed by atoms with Gasteiger partial charge >= 0.3 is 18.0 Å². The third-order valence-corrected chi connectivity index (χ3v) is 3.03. The van der Waals surface area contributed by atoms with E-state index >= 15 is 0 Å². The van der Waals surface area contributed by atoms with E-state index in [2.05, 4.69) is 9.97 Å². The molecule has 0 radical (unpaired) electrons. The Kier molecular flexibility index (Phi) is 3.97. The Morgan fingerprint density at radius 1 is 1.00 bits per heavy atom. The molecule has 0 aliphatic carbocycles. The molecule has 2 heterocycles. The van der Waals surface area contributed by atoms with Gasteiger partial charge in [-0.05, 0) is 6.07 Å². The quantitative estimate of drug-likeness (QED) is 0.773. The zero-order valence-electron chi connectivity index (χ0n) is 10.6. The predicted octanol–water partition coefficient (Wildman–Crippen LogP) is 1.32. The van der Waals surface area contributed by atoms with Crippen LogP contribution in [0.4, 0.5) is 27.9 Å². The maximum absolute atomic E-state index is 13.0. The maximum Gasteiger partial charge on any atom is 0.463 e. The lowest BCUT2D eigenvalue weighted by Gasteiger charge is -2.36. The fourth-order valence-electron chi connectivity index (χ4n) is 1.88. The average molecular weight is 310 g/mol. The molecular formula is C11H11F5N4O. The summed E-state index contributed by atoms with van der Waals surface area (Å²) in [5.41, 5.74) is 0. The maximum atomic E-state index is 13.0. The number of anilines is 1. The Morgan fingerprint density at radius 2 is 1.52 bits per heavy atom. The molecule has 0 atom stereocenters. The van der Waals surface area contributed by atoms with Crippen LogP contribution in [0.5, 0.6) is 0 Å². The number of hydrogen-bond acceptors (Lipinski definition) is 4. The van der Waals surface area contributed by atoms with Crippen LogP contribution in [0, 0.1) is 0 Å². The molecule has 0 unspecified atom stereocenters. The summed E-state index contributed by atoms with van der Waals surface area (Å²) in [6.07, 6.45) is -2.92. The first kappa shape index (κ1) is 15.4. The molecule has 1 aromatic heterocycles. The van der Waals surface area contributed by atoms with Gasteiger partial charge in [0.15, 0.2) is 0 Å². The number of rotatable bonds is 2. The van der Waals surface area contributed by atoms with E-state index in [1.165, 1.54) is 12.4 Å². The lowest BCUT2D eigenvalue weighted by Crippen LogP contribution is -2.57. The van der Waals surface area contributed by atoms with Crippen LogP contribution in [0.1, 0.15) is 0 Å². The van der Waals surface area contributed by atoms with Crippen molar-refractivity contribution in [2.24, 2.45) is 0 Å². The molecule has 5 nitrogen and oxygen atoms in total. The van der Waals surface area contributed by atoms with Crippen LogP contribution in [0.25, 0.3) is 0 Å². The normalized spacial score (nSPS) is 17.0. The zero-order chi connectivity index (χ0) is 15.7. The van der Waals surface area contributed by atoms with E-state index in [-0.39, 0.29) is 26.2 Å². The summed E-state index contributed by atoms with van der Waals surface area (Å²) in [6.45, 7) is -0.321. The van der Waals surface area contributed by atoms with Crippen molar-refractivity contribution in [3.8, 4) is 0 Å². The Bertz CT molecular complexity index is 499. The van der Waals surface area contributed by atoms with E-state index in [0.717, 1.165) is 0 Å². The van der Waals surface area contributed by atoms with E-state index < -0.39 is 18.0 Å². The van der Waals surface area contributed by atoms with Gasteiger partial charge in [0, 0.05) is 38.6 Å². The van der Waals surface area contributed by atoms with Gasteiger partial charge in [-0.3, -0.25) is 4.79 Å². The van der Waals surface area contributed by atoms with E-state index in [1.807, 2.05) is 0 Å². The summed E-state index contributed by atoms with van der Waals surface area (Å²) in [7, 11) is 0. The molecule has 1 fully saturated rings. The second kappa shape index (κ2) is 5.41. The van der Waals surface area contributed by atoms with Crippen LogP contribution < -0.4 is 4.90 Å². The number of hydrogen-bond donors (Lipinski definition) is 0. The molecule has 21 heavy (non-hydrogen) atoms. The largest absolute Gasteiger partial charge is 0.463 e. The van der Waals surface area contributed by atoms with Crippen LogP contribution in [0.2, 0.25) is 0 Å². The summed E-state index contributed by atoms with van der Waals surface area (Å²) in [6, 6.07) is 1.59. The lowest BCUT2D eigenvalue weighted by molar-refractivity contribution is -0.274. The highest BCUT2D eigenvalue weighted by atomic mass is 19.4. The highest BCUT2D eigenvalue weighted by molar-refractivity contribution is 5.84. The molecule has 1 saturated heterocycles. The van der Waals surface area contributed by atoms with Gasteiger partial charge in [0.2, 0.25) is 5.95 Å². The van der Waals surface area contributed by atoms with Gasteiger partial charge in [-0.2, -0.15) is 22.0 Å². The van der Waals surface area contributed by atoms with Gasteiger partial charge in [0.25, 0.3) is 0 Å². The third kappa shape index (κ3) is 3.03. The smallest absolute Gasteiger partial charge is 0.337 e. The summed E-state index contributed by atoms with van der Waals surface area (Å²) >= 11 is 0. The van der Waals surface area contributed by atoms with Crippen molar-refractivity contribution in [1.82, 2.24) is 14.9 Å². The molecule has 1 aromatic rings. The van der Waals surface area contributed by atoms with Crippen molar-refractivity contribution in [1.29, 1.82) is 0 Å². The number of piperazine rings is 1. The summed E-state index contributed by atoms with van der Waals surface area (Å²) < 4.78 is 62.4. The summed E-state index contributed by atoms with van der Waals surface area (Å²) in [4.78, 5) is 21.3. The molecule has 0 saturated carbocycles. The highest BCUT2D eigenvalue weighted by Gasteiger charge is 2.64. The fraction of sp³-hybridized carbons (Fsp3) is 0.545. The number of alkyl halides is 5. The van der Waals surface area contributed by atoms with Gasteiger partial charge < -0.3 is 9.80 Å². The fourth-order valence-corrected chi connectivity index (χ4v) is 1.88. The van der Waals surface area contributed by atoms with Crippen molar-refractivity contribution >= 4 is 11.9 Å². The number of carbonyl (C=O) groups excluding carboxylic acids is 1.